The molecular formula is C12H21N3S. The first-order valence-electron chi connectivity index (χ1n) is 6.15. The van der Waals surface area contributed by atoms with E-state index in [0.29, 0.717) is 6.04 Å². The van der Waals surface area contributed by atoms with Gasteiger partial charge >= 0.3 is 0 Å². The lowest BCUT2D eigenvalue weighted by Crippen LogP contribution is -2.21. The van der Waals surface area contributed by atoms with Crippen LogP contribution in [-0.2, 0) is 0 Å². The zero-order chi connectivity index (χ0) is 11.4. The summed E-state index contributed by atoms with van der Waals surface area (Å²) in [7, 11) is 0. The molecule has 0 aromatic carbocycles. The van der Waals surface area contributed by atoms with E-state index in [1.807, 2.05) is 12.4 Å². The third-order valence-corrected chi connectivity index (χ3v) is 4.38. The maximum Gasteiger partial charge on any atom is 0.203 e. The molecule has 1 aromatic heterocycles. The molecule has 1 fully saturated rings. The zero-order valence-corrected chi connectivity index (χ0v) is 11.0. The molecule has 4 heteroatoms. The average molecular weight is 239 g/mol. The van der Waals surface area contributed by atoms with Gasteiger partial charge in [0.25, 0.3) is 0 Å². The topological polar surface area (TPSA) is 29.9 Å². The van der Waals surface area contributed by atoms with Crippen molar-refractivity contribution in [1.82, 2.24) is 9.55 Å². The minimum atomic E-state index is 0.476. The van der Waals surface area contributed by atoms with Crippen molar-refractivity contribution in [2.75, 3.05) is 17.6 Å². The number of hydrogen-bond donors (Lipinski definition) is 1. The molecule has 1 saturated heterocycles. The van der Waals surface area contributed by atoms with Crippen LogP contribution in [0.5, 0.6) is 0 Å². The van der Waals surface area contributed by atoms with Crippen LogP contribution in [0.3, 0.4) is 0 Å². The summed E-state index contributed by atoms with van der Waals surface area (Å²) in [5.41, 5.74) is 0. The fraction of sp³-hybridized carbons (Fsp3) is 0.750. The van der Waals surface area contributed by atoms with Gasteiger partial charge in [0.2, 0.25) is 5.95 Å². The lowest BCUT2D eigenvalue weighted by molar-refractivity contribution is 0.601. The highest BCUT2D eigenvalue weighted by atomic mass is 32.2. The van der Waals surface area contributed by atoms with Crippen LogP contribution in [0.4, 0.5) is 5.95 Å². The Bertz CT molecular complexity index is 316. The summed E-state index contributed by atoms with van der Waals surface area (Å²) in [5.74, 6) is 2.34. The number of rotatable bonds is 4. The third-order valence-electron chi connectivity index (χ3n) is 2.99. The molecule has 0 radical (unpaired) electrons. The number of nitrogens with one attached hydrogen (secondary N) is 1. The maximum atomic E-state index is 4.36. The van der Waals surface area contributed by atoms with Gasteiger partial charge in [-0.05, 0) is 32.4 Å². The molecule has 1 N–H and O–H groups in total. The van der Waals surface area contributed by atoms with Gasteiger partial charge in [-0.3, -0.25) is 0 Å². The van der Waals surface area contributed by atoms with Gasteiger partial charge in [0, 0.05) is 30.2 Å². The van der Waals surface area contributed by atoms with Crippen molar-refractivity contribution in [2.24, 2.45) is 0 Å². The van der Waals surface area contributed by atoms with Crippen molar-refractivity contribution in [3.63, 3.8) is 0 Å². The first-order valence-corrected chi connectivity index (χ1v) is 7.20. The van der Waals surface area contributed by atoms with Crippen molar-refractivity contribution in [3.8, 4) is 0 Å². The number of nitrogens with zero attached hydrogens (tertiary/aromatic N) is 2. The minimum absolute atomic E-state index is 0.476. The number of anilines is 1. The summed E-state index contributed by atoms with van der Waals surface area (Å²) in [5, 5.41) is 4.24. The Morgan fingerprint density at radius 3 is 3.12 bits per heavy atom. The van der Waals surface area contributed by atoms with Gasteiger partial charge in [-0.1, -0.05) is 6.42 Å². The molecule has 16 heavy (non-hydrogen) atoms. The summed E-state index contributed by atoms with van der Waals surface area (Å²) in [4.78, 5) is 4.36. The third kappa shape index (κ3) is 2.94. The molecule has 0 aliphatic carbocycles. The Kier molecular flexibility index (Phi) is 4.16. The van der Waals surface area contributed by atoms with E-state index in [9.17, 15) is 0 Å². The summed E-state index contributed by atoms with van der Waals surface area (Å²) < 4.78 is 2.19. The first kappa shape index (κ1) is 11.8. The molecule has 1 aliphatic heterocycles. The van der Waals surface area contributed by atoms with E-state index in [0.717, 1.165) is 17.7 Å². The lowest BCUT2D eigenvalue weighted by atomic mass is 10.2. The van der Waals surface area contributed by atoms with Gasteiger partial charge < -0.3 is 9.88 Å². The van der Waals surface area contributed by atoms with Gasteiger partial charge in [0.05, 0.1) is 0 Å². The number of hydrogen-bond acceptors (Lipinski definition) is 3. The molecule has 2 heterocycles. The van der Waals surface area contributed by atoms with Crippen molar-refractivity contribution in [2.45, 2.75) is 44.4 Å². The van der Waals surface area contributed by atoms with Crippen LogP contribution in [0.25, 0.3) is 0 Å². The van der Waals surface area contributed by atoms with Crippen LogP contribution in [0.2, 0.25) is 0 Å². The molecule has 1 unspecified atom stereocenters. The Morgan fingerprint density at radius 1 is 1.56 bits per heavy atom. The number of imidazole rings is 1. The summed E-state index contributed by atoms with van der Waals surface area (Å²) in [6, 6.07) is 0.476. The highest BCUT2D eigenvalue weighted by molar-refractivity contribution is 7.99. The molecule has 1 atom stereocenters. The average Bonchev–Trinajstić information content (AvgIpc) is 2.76. The Hall–Kier alpha value is -0.640. The maximum absolute atomic E-state index is 4.36. The molecule has 1 aliphatic rings. The minimum Gasteiger partial charge on any atom is -0.355 e. The van der Waals surface area contributed by atoms with Gasteiger partial charge in [-0.15, -0.1) is 0 Å². The van der Waals surface area contributed by atoms with Crippen molar-refractivity contribution in [3.05, 3.63) is 12.4 Å². The molecule has 0 amide bonds. The smallest absolute Gasteiger partial charge is 0.203 e. The predicted octanol–water partition coefficient (Wildman–Crippen LogP) is 3.16. The molecule has 2 rings (SSSR count). The summed E-state index contributed by atoms with van der Waals surface area (Å²) in [6.07, 6.45) is 8.04. The Morgan fingerprint density at radius 2 is 2.44 bits per heavy atom. The van der Waals surface area contributed by atoms with Crippen LogP contribution in [0, 0.1) is 0 Å². The highest BCUT2D eigenvalue weighted by Gasteiger charge is 2.14. The molecule has 0 spiro atoms. The standard InChI is InChI=1S/C12H21N3S/c1-10(2)15-7-6-13-12(15)14-9-11-5-3-4-8-16-11/h6-7,10-11H,3-5,8-9H2,1-2H3,(H,13,14). The highest BCUT2D eigenvalue weighted by Crippen LogP contribution is 2.25. The van der Waals surface area contributed by atoms with Crippen molar-refractivity contribution in [1.29, 1.82) is 0 Å². The summed E-state index contributed by atoms with van der Waals surface area (Å²) >= 11 is 2.10. The predicted molar refractivity (Wildman–Crippen MR) is 71.2 cm³/mol. The summed E-state index contributed by atoms with van der Waals surface area (Å²) in [6.45, 7) is 5.42. The first-order chi connectivity index (χ1) is 7.77. The van der Waals surface area contributed by atoms with E-state index in [1.165, 1.54) is 25.0 Å². The second-order valence-electron chi connectivity index (χ2n) is 4.62. The van der Waals surface area contributed by atoms with Crippen molar-refractivity contribution < 1.29 is 0 Å². The van der Waals surface area contributed by atoms with Gasteiger partial charge in [-0.2, -0.15) is 11.8 Å². The van der Waals surface area contributed by atoms with Crippen LogP contribution in [0.15, 0.2) is 12.4 Å². The second kappa shape index (κ2) is 5.62. The lowest BCUT2D eigenvalue weighted by Gasteiger charge is -2.22. The van der Waals surface area contributed by atoms with Crippen LogP contribution < -0.4 is 5.32 Å². The quantitative estimate of drug-likeness (QED) is 0.875. The van der Waals surface area contributed by atoms with E-state index < -0.39 is 0 Å². The molecule has 0 saturated carbocycles. The monoisotopic (exact) mass is 239 g/mol. The fourth-order valence-electron chi connectivity index (χ4n) is 2.04. The molecular weight excluding hydrogens is 218 g/mol. The van der Waals surface area contributed by atoms with Crippen molar-refractivity contribution >= 4 is 17.7 Å². The second-order valence-corrected chi connectivity index (χ2v) is 6.03. The van der Waals surface area contributed by atoms with Gasteiger partial charge in [-0.25, -0.2) is 4.98 Å². The number of aromatic nitrogens is 2. The van der Waals surface area contributed by atoms with Gasteiger partial charge in [0.15, 0.2) is 0 Å². The Labute approximate surface area is 102 Å². The largest absolute Gasteiger partial charge is 0.355 e. The van der Waals surface area contributed by atoms with E-state index in [2.05, 4.69) is 40.5 Å². The van der Waals surface area contributed by atoms with E-state index >= 15 is 0 Å². The van der Waals surface area contributed by atoms with E-state index in [4.69, 9.17) is 0 Å². The van der Waals surface area contributed by atoms with Gasteiger partial charge in [0.1, 0.15) is 0 Å². The molecule has 1 aromatic rings. The molecule has 0 bridgehead atoms. The zero-order valence-electron chi connectivity index (χ0n) is 10.1. The van der Waals surface area contributed by atoms with Crippen LogP contribution in [-0.4, -0.2) is 27.1 Å². The number of thioether (sulfide) groups is 1. The van der Waals surface area contributed by atoms with Crippen LogP contribution >= 0.6 is 11.8 Å². The van der Waals surface area contributed by atoms with Crippen LogP contribution in [0.1, 0.15) is 39.2 Å². The fourth-order valence-corrected chi connectivity index (χ4v) is 3.28. The SMILES string of the molecule is CC(C)n1ccnc1NCC1CCCCS1. The Balaban J connectivity index is 1.86. The molecule has 90 valence electrons. The normalized spacial score (nSPS) is 21.3. The molecule has 3 nitrogen and oxygen atoms in total. The van der Waals surface area contributed by atoms with E-state index in [1.54, 1.807) is 0 Å². The van der Waals surface area contributed by atoms with E-state index in [-0.39, 0.29) is 0 Å².